The van der Waals surface area contributed by atoms with E-state index in [1.807, 2.05) is 23.1 Å². The molecule has 0 aromatic heterocycles. The summed E-state index contributed by atoms with van der Waals surface area (Å²) in [5.41, 5.74) is 0.679. The molecule has 0 spiro atoms. The molecular formula is C31H39ClN2O6. The standard InChI is InChI=1S/C31H39ClN2O6/c1-30(2,3)40-29(37)33-24(14-18-6-9-21(35)10-7-18)28(36)34-13-12-25-19(17-34)15-23-27(38-25)22-16-20(32)8-11-26(22)39-31(23,4)5/h6-11,16,19,23-25,27,35H,12-15,17H2,1-5H3,(H,33,37)/t19-,23+,24-,25+,27-/m0/s1. The van der Waals surface area contributed by atoms with E-state index in [9.17, 15) is 14.7 Å². The molecule has 40 heavy (non-hydrogen) atoms. The van der Waals surface area contributed by atoms with E-state index in [1.165, 1.54) is 0 Å². The molecule has 2 fully saturated rings. The van der Waals surface area contributed by atoms with Gasteiger partial charge in [-0.25, -0.2) is 4.79 Å². The lowest BCUT2D eigenvalue weighted by atomic mass is 9.70. The summed E-state index contributed by atoms with van der Waals surface area (Å²) in [7, 11) is 0. The van der Waals surface area contributed by atoms with E-state index in [-0.39, 0.29) is 42.1 Å². The molecule has 3 aliphatic heterocycles. The summed E-state index contributed by atoms with van der Waals surface area (Å²) in [5, 5.41) is 13.1. The molecule has 0 aliphatic carbocycles. The maximum Gasteiger partial charge on any atom is 0.408 e. The van der Waals surface area contributed by atoms with Gasteiger partial charge in [-0.15, -0.1) is 0 Å². The van der Waals surface area contributed by atoms with Crippen LogP contribution in [0.3, 0.4) is 0 Å². The van der Waals surface area contributed by atoms with Crippen molar-refractivity contribution >= 4 is 23.6 Å². The summed E-state index contributed by atoms with van der Waals surface area (Å²) < 4.78 is 18.6. The van der Waals surface area contributed by atoms with Crippen LogP contribution in [-0.4, -0.2) is 58.4 Å². The van der Waals surface area contributed by atoms with E-state index in [0.717, 1.165) is 23.3 Å². The number of alkyl carbamates (subject to hydrolysis) is 1. The molecule has 0 bridgehead atoms. The summed E-state index contributed by atoms with van der Waals surface area (Å²) in [6, 6.07) is 11.5. The largest absolute Gasteiger partial charge is 0.508 e. The van der Waals surface area contributed by atoms with Crippen molar-refractivity contribution in [2.45, 2.75) is 83.3 Å². The molecule has 0 unspecified atom stereocenters. The zero-order valence-corrected chi connectivity index (χ0v) is 24.5. The van der Waals surface area contributed by atoms with Crippen molar-refractivity contribution in [2.75, 3.05) is 13.1 Å². The molecule has 2 aromatic rings. The zero-order chi connectivity index (χ0) is 28.8. The monoisotopic (exact) mass is 570 g/mol. The Hall–Kier alpha value is -2.97. The van der Waals surface area contributed by atoms with Crippen LogP contribution in [-0.2, 0) is 20.7 Å². The molecular weight excluding hydrogens is 532 g/mol. The van der Waals surface area contributed by atoms with Crippen LogP contribution in [0.5, 0.6) is 11.5 Å². The predicted octanol–water partition coefficient (Wildman–Crippen LogP) is 5.65. The van der Waals surface area contributed by atoms with Gasteiger partial charge in [0.2, 0.25) is 5.91 Å². The summed E-state index contributed by atoms with van der Waals surface area (Å²) >= 11 is 6.33. The van der Waals surface area contributed by atoms with Crippen molar-refractivity contribution < 1.29 is 28.9 Å². The number of hydrogen-bond donors (Lipinski definition) is 2. The van der Waals surface area contributed by atoms with Gasteiger partial charge in [0.15, 0.2) is 0 Å². The number of likely N-dealkylation sites (tertiary alicyclic amines) is 1. The van der Waals surface area contributed by atoms with Crippen molar-refractivity contribution in [3.05, 3.63) is 58.6 Å². The highest BCUT2D eigenvalue weighted by Gasteiger charge is 2.52. The quantitative estimate of drug-likeness (QED) is 0.493. The number of nitrogens with one attached hydrogen (secondary N) is 1. The van der Waals surface area contributed by atoms with E-state index in [4.69, 9.17) is 25.8 Å². The molecule has 2 aromatic carbocycles. The van der Waals surface area contributed by atoms with Gasteiger partial charge in [-0.05, 0) is 83.4 Å². The molecule has 216 valence electrons. The summed E-state index contributed by atoms with van der Waals surface area (Å²) in [4.78, 5) is 28.4. The fraction of sp³-hybridized carbons (Fsp3) is 0.548. The van der Waals surface area contributed by atoms with Gasteiger partial charge in [0.1, 0.15) is 28.7 Å². The third kappa shape index (κ3) is 6.18. The second kappa shape index (κ2) is 10.8. The number of benzene rings is 2. The van der Waals surface area contributed by atoms with Crippen LogP contribution >= 0.6 is 11.6 Å². The average Bonchev–Trinajstić information content (AvgIpc) is 2.87. The number of fused-ring (bicyclic) bond motifs is 4. The second-order valence-electron chi connectivity index (χ2n) is 12.7. The molecule has 2 amide bonds. The lowest BCUT2D eigenvalue weighted by molar-refractivity contribution is -0.189. The Kier molecular flexibility index (Phi) is 7.70. The van der Waals surface area contributed by atoms with Gasteiger partial charge in [-0.1, -0.05) is 23.7 Å². The number of halogens is 1. The smallest absolute Gasteiger partial charge is 0.408 e. The van der Waals surface area contributed by atoms with Crippen LogP contribution in [0.1, 0.15) is 64.7 Å². The highest BCUT2D eigenvalue weighted by Crippen LogP contribution is 2.53. The molecule has 5 rings (SSSR count). The van der Waals surface area contributed by atoms with Gasteiger partial charge in [-0.2, -0.15) is 0 Å². The minimum absolute atomic E-state index is 0.0143. The lowest BCUT2D eigenvalue weighted by Gasteiger charge is -2.53. The van der Waals surface area contributed by atoms with Gasteiger partial charge in [0, 0.05) is 41.9 Å². The fourth-order valence-corrected chi connectivity index (χ4v) is 6.40. The minimum atomic E-state index is -0.809. The zero-order valence-electron chi connectivity index (χ0n) is 23.8. The number of nitrogens with zero attached hydrogens (tertiary/aromatic N) is 1. The molecule has 9 heteroatoms. The van der Waals surface area contributed by atoms with Crippen LogP contribution in [0.15, 0.2) is 42.5 Å². The third-order valence-corrected chi connectivity index (χ3v) is 8.36. The molecule has 0 radical (unpaired) electrons. The molecule has 0 saturated carbocycles. The first-order valence-electron chi connectivity index (χ1n) is 14.0. The van der Waals surface area contributed by atoms with Crippen LogP contribution in [0.4, 0.5) is 4.79 Å². The summed E-state index contributed by atoms with van der Waals surface area (Å²) in [6.45, 7) is 10.6. The van der Waals surface area contributed by atoms with Gasteiger partial charge >= 0.3 is 6.09 Å². The Morgan fingerprint density at radius 3 is 2.62 bits per heavy atom. The summed E-state index contributed by atoms with van der Waals surface area (Å²) in [6.07, 6.45) is 1.09. The van der Waals surface area contributed by atoms with Crippen LogP contribution in [0.25, 0.3) is 0 Å². The Bertz CT molecular complexity index is 1260. The van der Waals surface area contributed by atoms with E-state index < -0.39 is 23.3 Å². The van der Waals surface area contributed by atoms with Gasteiger partial charge < -0.3 is 29.5 Å². The van der Waals surface area contributed by atoms with E-state index in [1.54, 1.807) is 45.0 Å². The van der Waals surface area contributed by atoms with Crippen molar-refractivity contribution in [3.63, 3.8) is 0 Å². The molecule has 2 saturated heterocycles. The number of hydrogen-bond acceptors (Lipinski definition) is 6. The molecule has 8 nitrogen and oxygen atoms in total. The Morgan fingerprint density at radius 1 is 1.20 bits per heavy atom. The van der Waals surface area contributed by atoms with E-state index >= 15 is 0 Å². The SMILES string of the molecule is CC(C)(C)OC(=O)N[C@@H](Cc1ccc(O)cc1)C(=O)N1CC[C@H]2O[C@H]3c4cc(Cl)ccc4OC(C)(C)[C@@H]3C[C@H]2C1. The predicted molar refractivity (Wildman–Crippen MR) is 152 cm³/mol. The average molecular weight is 571 g/mol. The Labute approximate surface area is 240 Å². The number of rotatable bonds is 4. The number of amides is 2. The van der Waals surface area contributed by atoms with E-state index in [0.29, 0.717) is 24.5 Å². The van der Waals surface area contributed by atoms with Crippen molar-refractivity contribution in [1.29, 1.82) is 0 Å². The number of aromatic hydroxyl groups is 1. The molecule has 2 N–H and O–H groups in total. The van der Waals surface area contributed by atoms with Crippen molar-refractivity contribution in [1.82, 2.24) is 10.2 Å². The number of phenols is 1. The maximum absolute atomic E-state index is 13.9. The van der Waals surface area contributed by atoms with Crippen LogP contribution < -0.4 is 10.1 Å². The Morgan fingerprint density at radius 2 is 1.93 bits per heavy atom. The number of piperidine rings is 1. The molecule has 3 heterocycles. The van der Waals surface area contributed by atoms with Crippen LogP contribution in [0.2, 0.25) is 5.02 Å². The van der Waals surface area contributed by atoms with Crippen molar-refractivity contribution in [3.8, 4) is 11.5 Å². The topological polar surface area (TPSA) is 97.3 Å². The molecule has 3 aliphatic rings. The number of ether oxygens (including phenoxy) is 3. The highest BCUT2D eigenvalue weighted by atomic mass is 35.5. The number of carbonyl (C=O) groups excluding carboxylic acids is 2. The minimum Gasteiger partial charge on any atom is -0.508 e. The van der Waals surface area contributed by atoms with Gasteiger partial charge in [-0.3, -0.25) is 4.79 Å². The maximum atomic E-state index is 13.9. The van der Waals surface area contributed by atoms with Gasteiger partial charge in [0.05, 0.1) is 12.2 Å². The first-order chi connectivity index (χ1) is 18.8. The second-order valence-corrected chi connectivity index (χ2v) is 13.2. The third-order valence-electron chi connectivity index (χ3n) is 8.13. The summed E-state index contributed by atoms with van der Waals surface area (Å²) in [5.74, 6) is 1.03. The van der Waals surface area contributed by atoms with E-state index in [2.05, 4.69) is 19.2 Å². The number of carbonyl (C=O) groups is 2. The first-order valence-corrected chi connectivity index (χ1v) is 14.4. The Balaban J connectivity index is 1.32. The lowest BCUT2D eigenvalue weighted by Crippen LogP contribution is -2.58. The highest BCUT2D eigenvalue weighted by molar-refractivity contribution is 6.30. The van der Waals surface area contributed by atoms with Gasteiger partial charge in [0.25, 0.3) is 0 Å². The number of phenolic OH excluding ortho intramolecular Hbond substituents is 1. The fourth-order valence-electron chi connectivity index (χ4n) is 6.22. The normalized spacial score (nSPS) is 25.9. The first kappa shape index (κ1) is 28.6. The van der Waals surface area contributed by atoms with Crippen LogP contribution in [0, 0.1) is 11.8 Å². The molecule has 5 atom stereocenters. The van der Waals surface area contributed by atoms with Crippen molar-refractivity contribution in [2.24, 2.45) is 11.8 Å².